The molecule has 1 aliphatic carbocycles. The Bertz CT molecular complexity index is 930. The first-order valence-electron chi connectivity index (χ1n) is 8.23. The highest BCUT2D eigenvalue weighted by molar-refractivity contribution is 7.89. The topological polar surface area (TPSA) is 55.2 Å². The summed E-state index contributed by atoms with van der Waals surface area (Å²) < 4.78 is 29.5. The van der Waals surface area contributed by atoms with Gasteiger partial charge in [0, 0.05) is 23.7 Å². The highest BCUT2D eigenvalue weighted by Gasteiger charge is 2.38. The number of hydrogen-bond acceptors (Lipinski definition) is 4. The number of benzene rings is 1. The predicted molar refractivity (Wildman–Crippen MR) is 97.8 cm³/mol. The van der Waals surface area contributed by atoms with Gasteiger partial charge in [-0.15, -0.1) is 11.3 Å². The molecule has 0 radical (unpaired) electrons. The maximum atomic E-state index is 13.1. The zero-order chi connectivity index (χ0) is 17.3. The molecule has 0 aliphatic heterocycles. The lowest BCUT2D eigenvalue weighted by Crippen LogP contribution is -2.32. The highest BCUT2D eigenvalue weighted by Crippen LogP contribution is 2.34. The van der Waals surface area contributed by atoms with Gasteiger partial charge in [-0.2, -0.15) is 9.40 Å². The van der Waals surface area contributed by atoms with Crippen molar-refractivity contribution < 1.29 is 8.42 Å². The van der Waals surface area contributed by atoms with Crippen LogP contribution in [0.5, 0.6) is 0 Å². The van der Waals surface area contributed by atoms with Crippen molar-refractivity contribution in [2.24, 2.45) is 0 Å². The van der Waals surface area contributed by atoms with Crippen LogP contribution in [-0.2, 0) is 23.1 Å². The Morgan fingerprint density at radius 2 is 1.96 bits per heavy atom. The molecule has 5 nitrogen and oxygen atoms in total. The fourth-order valence-electron chi connectivity index (χ4n) is 2.80. The van der Waals surface area contributed by atoms with Crippen LogP contribution in [0.15, 0.2) is 65.1 Å². The van der Waals surface area contributed by atoms with Crippen molar-refractivity contribution in [3.05, 3.63) is 70.7 Å². The number of aromatic nitrogens is 2. The highest BCUT2D eigenvalue weighted by atomic mass is 32.2. The number of thiophene rings is 1. The van der Waals surface area contributed by atoms with Crippen LogP contribution >= 0.6 is 11.3 Å². The average molecular weight is 374 g/mol. The largest absolute Gasteiger partial charge is 0.267 e. The molecule has 3 aromatic rings. The standard InChI is InChI=1S/C18H19N3O2S2/c22-25(23,21(16-8-9-16)13-17-7-4-10-24-17)18-11-19-20(14-18)12-15-5-2-1-3-6-15/h1-7,10-11,14,16H,8-9,12-13H2. The minimum Gasteiger partial charge on any atom is -0.267 e. The molecule has 0 unspecified atom stereocenters. The summed E-state index contributed by atoms with van der Waals surface area (Å²) in [5.41, 5.74) is 1.09. The minimum atomic E-state index is -3.53. The van der Waals surface area contributed by atoms with E-state index in [2.05, 4.69) is 5.10 Å². The van der Waals surface area contributed by atoms with E-state index in [-0.39, 0.29) is 10.9 Å². The lowest BCUT2D eigenvalue weighted by atomic mass is 10.2. The van der Waals surface area contributed by atoms with Crippen LogP contribution in [0.4, 0.5) is 0 Å². The summed E-state index contributed by atoms with van der Waals surface area (Å²) in [7, 11) is -3.53. The van der Waals surface area contributed by atoms with E-state index in [0.717, 1.165) is 23.3 Å². The third-order valence-corrected chi connectivity index (χ3v) is 6.96. The van der Waals surface area contributed by atoms with Gasteiger partial charge in [-0.05, 0) is 29.9 Å². The van der Waals surface area contributed by atoms with Gasteiger partial charge in [0.1, 0.15) is 4.90 Å². The van der Waals surface area contributed by atoms with E-state index in [1.54, 1.807) is 26.5 Å². The number of rotatable bonds is 7. The van der Waals surface area contributed by atoms with Crippen molar-refractivity contribution >= 4 is 21.4 Å². The molecule has 0 saturated heterocycles. The molecule has 1 aliphatic rings. The summed E-state index contributed by atoms with van der Waals surface area (Å²) in [5.74, 6) is 0. The van der Waals surface area contributed by atoms with Gasteiger partial charge in [-0.1, -0.05) is 36.4 Å². The molecular formula is C18H19N3O2S2. The fourth-order valence-corrected chi connectivity index (χ4v) is 5.20. The Kier molecular flexibility index (Phi) is 4.45. The molecule has 0 amide bonds. The summed E-state index contributed by atoms with van der Waals surface area (Å²) in [6.45, 7) is 0.999. The summed E-state index contributed by atoms with van der Waals surface area (Å²) in [4.78, 5) is 1.33. The lowest BCUT2D eigenvalue weighted by molar-refractivity contribution is 0.401. The molecule has 0 N–H and O–H groups in total. The number of hydrogen-bond donors (Lipinski definition) is 0. The van der Waals surface area contributed by atoms with Crippen molar-refractivity contribution in [1.82, 2.24) is 14.1 Å². The third-order valence-electron chi connectivity index (χ3n) is 4.25. The summed E-state index contributed by atoms with van der Waals surface area (Å²) in [6.07, 6.45) is 4.96. The van der Waals surface area contributed by atoms with Crippen molar-refractivity contribution in [2.45, 2.75) is 36.9 Å². The first kappa shape index (κ1) is 16.5. The number of sulfonamides is 1. The van der Waals surface area contributed by atoms with Crippen LogP contribution < -0.4 is 0 Å². The van der Waals surface area contributed by atoms with E-state index in [9.17, 15) is 8.42 Å². The summed E-state index contributed by atoms with van der Waals surface area (Å²) in [6, 6.07) is 13.9. The second-order valence-electron chi connectivity index (χ2n) is 6.22. The van der Waals surface area contributed by atoms with Crippen LogP contribution in [-0.4, -0.2) is 28.5 Å². The van der Waals surface area contributed by atoms with Gasteiger partial charge >= 0.3 is 0 Å². The maximum Gasteiger partial charge on any atom is 0.246 e. The molecule has 0 bridgehead atoms. The first-order chi connectivity index (χ1) is 12.1. The van der Waals surface area contributed by atoms with Crippen molar-refractivity contribution in [2.75, 3.05) is 0 Å². The van der Waals surface area contributed by atoms with Gasteiger partial charge in [-0.3, -0.25) is 4.68 Å². The molecule has 2 heterocycles. The van der Waals surface area contributed by atoms with E-state index in [0.29, 0.717) is 13.1 Å². The van der Waals surface area contributed by atoms with Crippen molar-refractivity contribution in [3.8, 4) is 0 Å². The van der Waals surface area contributed by atoms with Gasteiger partial charge in [-0.25, -0.2) is 8.42 Å². The summed E-state index contributed by atoms with van der Waals surface area (Å²) >= 11 is 1.59. The van der Waals surface area contributed by atoms with Crippen LogP contribution in [0.3, 0.4) is 0 Å². The molecule has 0 atom stereocenters. The molecule has 7 heteroatoms. The Balaban J connectivity index is 1.56. The minimum absolute atomic E-state index is 0.115. The Morgan fingerprint density at radius 3 is 2.64 bits per heavy atom. The van der Waals surface area contributed by atoms with E-state index in [1.165, 1.54) is 6.20 Å². The predicted octanol–water partition coefficient (Wildman–Crippen LogP) is 3.35. The molecule has 130 valence electrons. The van der Waals surface area contributed by atoms with E-state index >= 15 is 0 Å². The monoisotopic (exact) mass is 373 g/mol. The fraction of sp³-hybridized carbons (Fsp3) is 0.278. The van der Waals surface area contributed by atoms with Crippen LogP contribution in [0, 0.1) is 0 Å². The molecule has 4 rings (SSSR count). The van der Waals surface area contributed by atoms with Gasteiger partial charge in [0.25, 0.3) is 0 Å². The summed E-state index contributed by atoms with van der Waals surface area (Å²) in [5, 5.41) is 6.23. The molecule has 1 saturated carbocycles. The maximum absolute atomic E-state index is 13.1. The molecular weight excluding hydrogens is 354 g/mol. The molecule has 1 aromatic carbocycles. The van der Waals surface area contributed by atoms with Gasteiger partial charge in [0.15, 0.2) is 0 Å². The molecule has 2 aromatic heterocycles. The average Bonchev–Trinajstić information content (AvgIpc) is 3.09. The van der Waals surface area contributed by atoms with Gasteiger partial charge < -0.3 is 0 Å². The Morgan fingerprint density at radius 1 is 1.16 bits per heavy atom. The van der Waals surface area contributed by atoms with Crippen LogP contribution in [0.1, 0.15) is 23.3 Å². The van der Waals surface area contributed by atoms with Gasteiger partial charge in [0.2, 0.25) is 10.0 Å². The van der Waals surface area contributed by atoms with E-state index in [4.69, 9.17) is 0 Å². The Hall–Kier alpha value is -1.96. The number of nitrogens with zero attached hydrogens (tertiary/aromatic N) is 3. The zero-order valence-corrected chi connectivity index (χ0v) is 15.3. The van der Waals surface area contributed by atoms with E-state index < -0.39 is 10.0 Å². The zero-order valence-electron chi connectivity index (χ0n) is 13.7. The first-order valence-corrected chi connectivity index (χ1v) is 10.6. The molecule has 25 heavy (non-hydrogen) atoms. The van der Waals surface area contributed by atoms with Crippen molar-refractivity contribution in [3.63, 3.8) is 0 Å². The van der Waals surface area contributed by atoms with Crippen LogP contribution in [0.2, 0.25) is 0 Å². The van der Waals surface area contributed by atoms with E-state index in [1.807, 2.05) is 47.8 Å². The Labute approximate surface area is 151 Å². The second-order valence-corrected chi connectivity index (χ2v) is 9.14. The van der Waals surface area contributed by atoms with Crippen LogP contribution in [0.25, 0.3) is 0 Å². The quantitative estimate of drug-likeness (QED) is 0.638. The molecule has 0 spiro atoms. The second kappa shape index (κ2) is 6.74. The van der Waals surface area contributed by atoms with Gasteiger partial charge in [0.05, 0.1) is 12.7 Å². The smallest absolute Gasteiger partial charge is 0.246 e. The third kappa shape index (κ3) is 3.68. The molecule has 1 fully saturated rings. The lowest BCUT2D eigenvalue weighted by Gasteiger charge is -2.20. The SMILES string of the molecule is O=S(=O)(c1cnn(Cc2ccccc2)c1)N(Cc1cccs1)C1CC1. The normalized spacial score (nSPS) is 14.9. The van der Waals surface area contributed by atoms with Crippen molar-refractivity contribution in [1.29, 1.82) is 0 Å².